The minimum atomic E-state index is -0.649. The third kappa shape index (κ3) is 5.78. The van der Waals surface area contributed by atoms with E-state index >= 15 is 0 Å². The first-order valence-corrected chi connectivity index (χ1v) is 7.21. The normalized spacial score (nSPS) is 11.5. The molecule has 1 atom stereocenters. The van der Waals surface area contributed by atoms with Gasteiger partial charge in [0.05, 0.1) is 22.7 Å². The molecule has 1 heterocycles. The average Bonchev–Trinajstić information content (AvgIpc) is 2.41. The number of rotatable bonds is 5. The van der Waals surface area contributed by atoms with Crippen LogP contribution in [0.3, 0.4) is 0 Å². The molecule has 0 aliphatic heterocycles. The molecular weight excluding hydrogens is 376 g/mol. The van der Waals surface area contributed by atoms with Gasteiger partial charge in [-0.05, 0) is 27.9 Å². The van der Waals surface area contributed by atoms with Crippen molar-refractivity contribution in [1.29, 1.82) is 0 Å². The second-order valence-electron chi connectivity index (χ2n) is 5.03. The number of anilines is 1. The van der Waals surface area contributed by atoms with E-state index in [4.69, 9.17) is 5.73 Å². The van der Waals surface area contributed by atoms with Gasteiger partial charge in [-0.1, -0.05) is 13.8 Å². The lowest BCUT2D eigenvalue weighted by atomic mass is 10.1. The molecule has 0 fully saturated rings. The predicted octanol–water partition coefficient (Wildman–Crippen LogP) is 0.608. The molecule has 0 aliphatic rings. The zero-order chi connectivity index (χ0) is 16.2. The summed E-state index contributed by atoms with van der Waals surface area (Å²) in [5.41, 5.74) is 5.92. The van der Waals surface area contributed by atoms with Crippen LogP contribution in [-0.2, 0) is 16.6 Å². The number of amides is 2. The number of hydrogen-bond donors (Lipinski definition) is 3. The summed E-state index contributed by atoms with van der Waals surface area (Å²) in [7, 11) is 1.58. The summed E-state index contributed by atoms with van der Waals surface area (Å²) in [6.45, 7) is 3.47. The zero-order valence-corrected chi connectivity index (χ0v) is 15.0. The van der Waals surface area contributed by atoms with Crippen molar-refractivity contribution in [3.63, 3.8) is 0 Å². The Labute approximate surface area is 143 Å². The lowest BCUT2D eigenvalue weighted by Gasteiger charge is -2.15. The molecule has 0 saturated carbocycles. The first-order valence-electron chi connectivity index (χ1n) is 6.41. The van der Waals surface area contributed by atoms with Gasteiger partial charge in [0.2, 0.25) is 11.8 Å². The third-order valence-electron chi connectivity index (χ3n) is 2.87. The van der Waals surface area contributed by atoms with Gasteiger partial charge in [0.25, 0.3) is 5.56 Å². The number of aryl methyl sites for hydroxylation is 1. The van der Waals surface area contributed by atoms with Crippen LogP contribution in [0.4, 0.5) is 5.69 Å². The summed E-state index contributed by atoms with van der Waals surface area (Å²) in [5, 5.41) is 5.06. The summed E-state index contributed by atoms with van der Waals surface area (Å²) in [6.07, 6.45) is 1.49. The Morgan fingerprint density at radius 2 is 2.00 bits per heavy atom. The number of nitrogens with one attached hydrogen (secondary N) is 2. The maximum Gasteiger partial charge on any atom is 0.264 e. The van der Waals surface area contributed by atoms with Crippen LogP contribution in [-0.4, -0.2) is 29.0 Å². The molecule has 0 radical (unpaired) electrons. The Hall–Kier alpha value is -1.38. The van der Waals surface area contributed by atoms with Gasteiger partial charge in [-0.3, -0.25) is 14.4 Å². The molecule has 4 N–H and O–H groups in total. The fourth-order valence-corrected chi connectivity index (χ4v) is 2.06. The second kappa shape index (κ2) is 8.92. The molecule has 0 unspecified atom stereocenters. The first-order chi connectivity index (χ1) is 9.72. The standard InChI is InChI=1S/C13H19BrN4O3.ClH/c1-7(2)11(15)12(20)16-5-10(19)17-8-4-9(14)13(21)18(3)6-8;/h4,6-7,11H,5,15H2,1-3H3,(H,16,20)(H,17,19);1H/t11-;/m0./s1. The Morgan fingerprint density at radius 3 is 2.50 bits per heavy atom. The number of halogens is 2. The highest BCUT2D eigenvalue weighted by Gasteiger charge is 2.17. The Balaban J connectivity index is 0.00000441. The lowest BCUT2D eigenvalue weighted by molar-refractivity contribution is -0.125. The summed E-state index contributed by atoms with van der Waals surface area (Å²) in [6, 6.07) is 0.853. The van der Waals surface area contributed by atoms with Crippen molar-refractivity contribution in [3.05, 3.63) is 27.1 Å². The van der Waals surface area contributed by atoms with E-state index in [2.05, 4.69) is 26.6 Å². The van der Waals surface area contributed by atoms with Crippen molar-refractivity contribution in [2.45, 2.75) is 19.9 Å². The Morgan fingerprint density at radius 1 is 1.41 bits per heavy atom. The van der Waals surface area contributed by atoms with Gasteiger partial charge in [0.1, 0.15) is 0 Å². The lowest BCUT2D eigenvalue weighted by Crippen LogP contribution is -2.46. The smallest absolute Gasteiger partial charge is 0.264 e. The average molecular weight is 396 g/mol. The van der Waals surface area contributed by atoms with Crippen molar-refractivity contribution in [1.82, 2.24) is 9.88 Å². The number of nitrogens with zero attached hydrogens (tertiary/aromatic N) is 1. The number of nitrogens with two attached hydrogens (primary N) is 1. The monoisotopic (exact) mass is 394 g/mol. The molecule has 1 aromatic rings. The van der Waals surface area contributed by atoms with Gasteiger partial charge in [0.15, 0.2) is 0 Å². The van der Waals surface area contributed by atoms with Crippen LogP contribution in [0.1, 0.15) is 13.8 Å². The maximum absolute atomic E-state index is 11.7. The molecule has 124 valence electrons. The molecule has 1 rings (SSSR count). The maximum atomic E-state index is 11.7. The van der Waals surface area contributed by atoms with E-state index in [1.54, 1.807) is 7.05 Å². The van der Waals surface area contributed by atoms with E-state index in [-0.39, 0.29) is 36.3 Å². The predicted molar refractivity (Wildman–Crippen MR) is 91.1 cm³/mol. The first kappa shape index (κ1) is 20.6. The summed E-state index contributed by atoms with van der Waals surface area (Å²) >= 11 is 3.11. The van der Waals surface area contributed by atoms with Gasteiger partial charge < -0.3 is 20.9 Å². The van der Waals surface area contributed by atoms with Crippen LogP contribution in [0, 0.1) is 5.92 Å². The van der Waals surface area contributed by atoms with Gasteiger partial charge in [-0.25, -0.2) is 0 Å². The molecule has 7 nitrogen and oxygen atoms in total. The van der Waals surface area contributed by atoms with Crippen molar-refractivity contribution in [2.75, 3.05) is 11.9 Å². The van der Waals surface area contributed by atoms with Crippen LogP contribution in [0.5, 0.6) is 0 Å². The van der Waals surface area contributed by atoms with Gasteiger partial charge in [0, 0.05) is 13.2 Å². The molecule has 22 heavy (non-hydrogen) atoms. The van der Waals surface area contributed by atoms with E-state index in [1.165, 1.54) is 16.8 Å². The largest absolute Gasteiger partial charge is 0.346 e. The van der Waals surface area contributed by atoms with Crippen LogP contribution in [0.15, 0.2) is 21.5 Å². The molecular formula is C13H20BrClN4O3. The van der Waals surface area contributed by atoms with Crippen LogP contribution in [0.2, 0.25) is 0 Å². The van der Waals surface area contributed by atoms with Crippen molar-refractivity contribution < 1.29 is 9.59 Å². The van der Waals surface area contributed by atoms with Crippen LogP contribution >= 0.6 is 28.3 Å². The minimum absolute atomic E-state index is 0. The number of hydrogen-bond acceptors (Lipinski definition) is 4. The number of carbonyl (C=O) groups is 2. The summed E-state index contributed by atoms with van der Waals surface area (Å²) in [4.78, 5) is 34.9. The fourth-order valence-electron chi connectivity index (χ4n) is 1.53. The Bertz CT molecular complexity index is 577. The third-order valence-corrected chi connectivity index (χ3v) is 3.44. The fraction of sp³-hybridized carbons (Fsp3) is 0.462. The highest BCUT2D eigenvalue weighted by molar-refractivity contribution is 9.10. The van der Waals surface area contributed by atoms with E-state index < -0.39 is 11.9 Å². The van der Waals surface area contributed by atoms with Crippen LogP contribution < -0.4 is 21.9 Å². The molecule has 0 aromatic carbocycles. The van der Waals surface area contributed by atoms with Gasteiger partial charge in [-0.15, -0.1) is 12.4 Å². The molecule has 2 amide bonds. The van der Waals surface area contributed by atoms with Crippen molar-refractivity contribution >= 4 is 45.8 Å². The molecule has 1 aromatic heterocycles. The Kier molecular flexibility index (Phi) is 8.36. The SMILES string of the molecule is CC(C)[C@H](N)C(=O)NCC(=O)Nc1cc(Br)c(=O)n(C)c1.Cl. The van der Waals surface area contributed by atoms with Gasteiger partial charge in [-0.2, -0.15) is 0 Å². The van der Waals surface area contributed by atoms with Crippen molar-refractivity contribution in [3.8, 4) is 0 Å². The van der Waals surface area contributed by atoms with Gasteiger partial charge >= 0.3 is 0 Å². The van der Waals surface area contributed by atoms with Crippen molar-refractivity contribution in [2.24, 2.45) is 18.7 Å². The highest BCUT2D eigenvalue weighted by atomic mass is 79.9. The second-order valence-corrected chi connectivity index (χ2v) is 5.88. The molecule has 9 heteroatoms. The van der Waals surface area contributed by atoms with E-state index in [0.29, 0.717) is 10.2 Å². The van der Waals surface area contributed by atoms with E-state index in [1.807, 2.05) is 13.8 Å². The zero-order valence-electron chi connectivity index (χ0n) is 12.6. The molecule has 0 bridgehead atoms. The highest BCUT2D eigenvalue weighted by Crippen LogP contribution is 2.11. The molecule has 0 spiro atoms. The quantitative estimate of drug-likeness (QED) is 0.679. The minimum Gasteiger partial charge on any atom is -0.346 e. The van der Waals surface area contributed by atoms with E-state index in [0.717, 1.165) is 0 Å². The topological polar surface area (TPSA) is 106 Å². The summed E-state index contributed by atoms with van der Waals surface area (Å²) in [5.74, 6) is -0.778. The van der Waals surface area contributed by atoms with Crippen LogP contribution in [0.25, 0.3) is 0 Å². The van der Waals surface area contributed by atoms with E-state index in [9.17, 15) is 14.4 Å². The molecule has 0 aliphatic carbocycles. The number of pyridine rings is 1. The number of carbonyl (C=O) groups excluding carboxylic acids is 2. The molecule has 0 saturated heterocycles. The summed E-state index contributed by atoms with van der Waals surface area (Å²) < 4.78 is 1.68. The number of aromatic nitrogens is 1.